The van der Waals surface area contributed by atoms with Crippen molar-refractivity contribution in [2.75, 3.05) is 10.7 Å². The predicted molar refractivity (Wildman–Crippen MR) is 159 cm³/mol. The van der Waals surface area contributed by atoms with Gasteiger partial charge in [-0.1, -0.05) is 64.9 Å². The minimum Gasteiger partial charge on any atom is -0.478 e. The molecule has 0 unspecified atom stereocenters. The second-order valence-electron chi connectivity index (χ2n) is 8.78. The molecule has 0 saturated carbocycles. The Morgan fingerprint density at radius 3 is 2.19 bits per heavy atom. The Bertz CT molecular complexity index is 1790. The van der Waals surface area contributed by atoms with E-state index in [1.54, 1.807) is 42.5 Å². The minimum atomic E-state index is -4.55. The Balaban J connectivity index is 1.49. The maximum absolute atomic E-state index is 13.5. The van der Waals surface area contributed by atoms with E-state index in [-0.39, 0.29) is 16.8 Å². The van der Waals surface area contributed by atoms with Gasteiger partial charge in [0.2, 0.25) is 5.13 Å². The van der Waals surface area contributed by atoms with E-state index < -0.39 is 17.7 Å². The summed E-state index contributed by atoms with van der Waals surface area (Å²) in [7, 11) is 0. The molecule has 0 radical (unpaired) electrons. The zero-order chi connectivity index (χ0) is 29.9. The van der Waals surface area contributed by atoms with Gasteiger partial charge in [0.1, 0.15) is 5.01 Å². The minimum absolute atomic E-state index is 0.0837. The number of halogens is 5. The van der Waals surface area contributed by atoms with Crippen molar-refractivity contribution < 1.29 is 23.1 Å². The summed E-state index contributed by atoms with van der Waals surface area (Å²) < 4.78 is 40.6. The van der Waals surface area contributed by atoms with Crippen LogP contribution in [0.2, 0.25) is 10.0 Å². The van der Waals surface area contributed by atoms with E-state index in [2.05, 4.69) is 26.0 Å². The summed E-state index contributed by atoms with van der Waals surface area (Å²) in [6, 6.07) is 22.7. The smallest absolute Gasteiger partial charge is 0.416 e. The maximum atomic E-state index is 13.5. The van der Waals surface area contributed by atoms with E-state index in [1.807, 2.05) is 0 Å². The highest BCUT2D eigenvalue weighted by atomic mass is 35.5. The van der Waals surface area contributed by atoms with Gasteiger partial charge >= 0.3 is 12.1 Å². The molecule has 4 aromatic carbocycles. The van der Waals surface area contributed by atoms with Gasteiger partial charge in [-0.2, -0.15) is 18.3 Å². The van der Waals surface area contributed by atoms with Gasteiger partial charge in [-0.15, -0.1) is 10.2 Å². The quantitative estimate of drug-likeness (QED) is 0.117. The zero-order valence-corrected chi connectivity index (χ0v) is 23.5. The molecule has 42 heavy (non-hydrogen) atoms. The van der Waals surface area contributed by atoms with Crippen LogP contribution in [-0.4, -0.2) is 27.0 Å². The van der Waals surface area contributed by atoms with E-state index in [1.165, 1.54) is 47.7 Å². The number of carbonyl (C=O) groups is 1. The van der Waals surface area contributed by atoms with Crippen molar-refractivity contribution >= 4 is 62.7 Å². The number of anilines is 3. The zero-order valence-electron chi connectivity index (χ0n) is 21.2. The first kappa shape index (κ1) is 29.1. The molecule has 3 N–H and O–H groups in total. The van der Waals surface area contributed by atoms with Crippen LogP contribution in [0.15, 0.2) is 96.1 Å². The second-order valence-corrected chi connectivity index (χ2v) is 10.6. The number of hydrogen-bond donors (Lipinski definition) is 3. The van der Waals surface area contributed by atoms with Crippen LogP contribution >= 0.6 is 34.5 Å². The van der Waals surface area contributed by atoms with Crippen molar-refractivity contribution in [3.8, 4) is 10.6 Å². The van der Waals surface area contributed by atoms with Crippen LogP contribution in [-0.2, 0) is 6.18 Å². The van der Waals surface area contributed by atoms with E-state index in [4.69, 9.17) is 28.3 Å². The lowest BCUT2D eigenvalue weighted by molar-refractivity contribution is -0.137. The Labute approximate surface area is 251 Å². The number of alkyl halides is 3. The van der Waals surface area contributed by atoms with Crippen molar-refractivity contribution in [3.05, 3.63) is 123 Å². The number of aromatic carboxylic acids is 1. The number of hydrogen-bond acceptors (Lipinski definition) is 7. The van der Waals surface area contributed by atoms with Crippen LogP contribution in [0.3, 0.4) is 0 Å². The van der Waals surface area contributed by atoms with Gasteiger partial charge in [-0.3, -0.25) is 5.43 Å². The third-order valence-electron chi connectivity index (χ3n) is 5.87. The Kier molecular flexibility index (Phi) is 8.44. The fraction of sp³-hybridized carbons (Fsp3) is 0.0345. The number of carboxylic acid groups (broad SMARTS) is 1. The number of carboxylic acids is 1. The summed E-state index contributed by atoms with van der Waals surface area (Å²) in [6.07, 6.45) is -4.55. The average molecular weight is 628 g/mol. The van der Waals surface area contributed by atoms with Gasteiger partial charge in [-0.05, 0) is 60.7 Å². The van der Waals surface area contributed by atoms with Crippen LogP contribution in [0.1, 0.15) is 27.0 Å². The SMILES string of the molecule is O=C(O)c1ccc(NN=C(c2cccc(-c3nnc(Nc4ccc(Cl)c(Cl)c4)s3)c2)c2cccc(C(F)(F)F)c2)cc1. The summed E-state index contributed by atoms with van der Waals surface area (Å²) in [5.41, 5.74) is 4.82. The predicted octanol–water partition coefficient (Wildman–Crippen LogP) is 8.84. The second kappa shape index (κ2) is 12.2. The molecule has 0 saturated heterocycles. The molecule has 5 aromatic rings. The lowest BCUT2D eigenvalue weighted by atomic mass is 9.99. The van der Waals surface area contributed by atoms with E-state index in [0.29, 0.717) is 42.7 Å². The maximum Gasteiger partial charge on any atom is 0.416 e. The highest BCUT2D eigenvalue weighted by molar-refractivity contribution is 7.18. The number of benzene rings is 4. The summed E-state index contributed by atoms with van der Waals surface area (Å²) in [5.74, 6) is -1.08. The molecule has 0 fully saturated rings. The van der Waals surface area contributed by atoms with Gasteiger partial charge in [0, 0.05) is 22.4 Å². The fourth-order valence-electron chi connectivity index (χ4n) is 3.83. The summed E-state index contributed by atoms with van der Waals surface area (Å²) >= 11 is 13.3. The molecular weight excluding hydrogens is 610 g/mol. The van der Waals surface area contributed by atoms with Gasteiger partial charge in [0.05, 0.1) is 32.6 Å². The van der Waals surface area contributed by atoms with Crippen molar-refractivity contribution in [2.45, 2.75) is 6.18 Å². The highest BCUT2D eigenvalue weighted by Gasteiger charge is 2.31. The molecule has 7 nitrogen and oxygen atoms in total. The Morgan fingerprint density at radius 1 is 0.810 bits per heavy atom. The fourth-order valence-corrected chi connectivity index (χ4v) is 4.89. The third-order valence-corrected chi connectivity index (χ3v) is 7.50. The van der Waals surface area contributed by atoms with Crippen molar-refractivity contribution in [3.63, 3.8) is 0 Å². The molecule has 0 amide bonds. The van der Waals surface area contributed by atoms with Crippen LogP contribution < -0.4 is 10.7 Å². The standard InChI is InChI=1S/C29H18Cl2F3N5O2S/c30-23-12-11-22(15-24(23)31)35-28-39-38-26(42-28)19-5-1-3-17(13-19)25(18-4-2-6-20(14-18)29(32,33)34)37-36-21-9-7-16(8-10-21)27(40)41/h1-15,36H,(H,35,39)(H,40,41). The first-order chi connectivity index (χ1) is 20.1. The number of nitrogens with zero attached hydrogens (tertiary/aromatic N) is 3. The average Bonchev–Trinajstić information content (AvgIpc) is 3.44. The van der Waals surface area contributed by atoms with Gasteiger partial charge in [0.25, 0.3) is 0 Å². The summed E-state index contributed by atoms with van der Waals surface area (Å²) in [6.45, 7) is 0. The number of nitrogens with one attached hydrogen (secondary N) is 2. The number of hydrazone groups is 1. The molecule has 1 aromatic heterocycles. The first-order valence-corrected chi connectivity index (χ1v) is 13.6. The molecule has 0 spiro atoms. The van der Waals surface area contributed by atoms with E-state index in [0.717, 1.165) is 12.1 Å². The molecule has 0 bridgehead atoms. The molecule has 0 atom stereocenters. The van der Waals surface area contributed by atoms with Gasteiger partial charge in [-0.25, -0.2) is 4.79 Å². The lowest BCUT2D eigenvalue weighted by Crippen LogP contribution is -2.10. The van der Waals surface area contributed by atoms with E-state index >= 15 is 0 Å². The lowest BCUT2D eigenvalue weighted by Gasteiger charge is -2.12. The van der Waals surface area contributed by atoms with Crippen LogP contribution in [0, 0.1) is 0 Å². The Hall–Kier alpha value is -4.45. The van der Waals surface area contributed by atoms with Crippen LogP contribution in [0.5, 0.6) is 0 Å². The van der Waals surface area contributed by atoms with E-state index in [9.17, 15) is 18.0 Å². The largest absolute Gasteiger partial charge is 0.478 e. The van der Waals surface area contributed by atoms with Crippen molar-refractivity contribution in [1.82, 2.24) is 10.2 Å². The molecule has 0 aliphatic heterocycles. The third kappa shape index (κ3) is 6.88. The Morgan fingerprint density at radius 2 is 1.50 bits per heavy atom. The van der Waals surface area contributed by atoms with Crippen molar-refractivity contribution in [2.24, 2.45) is 5.10 Å². The number of rotatable bonds is 8. The number of aromatic nitrogens is 2. The van der Waals surface area contributed by atoms with Crippen LogP contribution in [0.25, 0.3) is 10.6 Å². The molecule has 1 heterocycles. The van der Waals surface area contributed by atoms with Gasteiger partial charge in [0.15, 0.2) is 0 Å². The highest BCUT2D eigenvalue weighted by Crippen LogP contribution is 2.33. The summed E-state index contributed by atoms with van der Waals surface area (Å²) in [4.78, 5) is 11.2. The summed E-state index contributed by atoms with van der Waals surface area (Å²) in [5, 5.41) is 27.0. The van der Waals surface area contributed by atoms with Crippen molar-refractivity contribution in [1.29, 1.82) is 0 Å². The normalized spacial score (nSPS) is 11.8. The molecule has 0 aliphatic carbocycles. The first-order valence-electron chi connectivity index (χ1n) is 12.1. The molecule has 212 valence electrons. The van der Waals surface area contributed by atoms with Gasteiger partial charge < -0.3 is 10.4 Å². The molecule has 13 heteroatoms. The molecule has 0 aliphatic rings. The molecule has 5 rings (SSSR count). The van der Waals surface area contributed by atoms with Crippen LogP contribution in [0.4, 0.5) is 29.7 Å². The molecular formula is C29H18Cl2F3N5O2S. The monoisotopic (exact) mass is 627 g/mol. The topological polar surface area (TPSA) is 99.5 Å².